The van der Waals surface area contributed by atoms with Crippen LogP contribution in [-0.2, 0) is 6.54 Å². The largest absolute Gasteiger partial charge is 0.494 e. The summed E-state index contributed by atoms with van der Waals surface area (Å²) in [6, 6.07) is 11.9. The van der Waals surface area contributed by atoms with Crippen LogP contribution in [0.3, 0.4) is 0 Å². The molecule has 0 spiro atoms. The van der Waals surface area contributed by atoms with E-state index in [9.17, 15) is 18.0 Å². The second-order valence-corrected chi connectivity index (χ2v) is 12.5. The molecule has 11 nitrogen and oxygen atoms in total. The second kappa shape index (κ2) is 17.0. The lowest BCUT2D eigenvalue weighted by atomic mass is 9.93. The number of aromatic nitrogens is 3. The van der Waals surface area contributed by atoms with Crippen molar-refractivity contribution in [1.29, 1.82) is 0 Å². The number of hydrogen-bond acceptors (Lipinski definition) is 10. The quantitative estimate of drug-likeness (QED) is 0.244. The third-order valence-electron chi connectivity index (χ3n) is 7.03. The van der Waals surface area contributed by atoms with Gasteiger partial charge in [-0.15, -0.1) is 0 Å². The van der Waals surface area contributed by atoms with E-state index in [2.05, 4.69) is 61.8 Å². The Morgan fingerprint density at radius 1 is 0.958 bits per heavy atom. The van der Waals surface area contributed by atoms with E-state index in [0.717, 1.165) is 43.5 Å². The van der Waals surface area contributed by atoms with Crippen LogP contribution in [0, 0.1) is 5.41 Å². The number of fused-ring (bicyclic) bond motifs is 11. The molecule has 3 N–H and O–H groups in total. The van der Waals surface area contributed by atoms with Crippen LogP contribution in [0.15, 0.2) is 54.6 Å². The first kappa shape index (κ1) is 36.2. The average Bonchev–Trinajstić information content (AvgIpc) is 3.02. The highest BCUT2D eigenvalue weighted by atomic mass is 19.4. The molecule has 1 amide bonds. The van der Waals surface area contributed by atoms with Crippen molar-refractivity contribution in [2.24, 2.45) is 5.41 Å². The first-order chi connectivity index (χ1) is 22.8. The summed E-state index contributed by atoms with van der Waals surface area (Å²) in [6.45, 7) is 5.01. The molecule has 1 aromatic heterocycles. The van der Waals surface area contributed by atoms with Crippen molar-refractivity contribution >= 4 is 23.5 Å². The number of alkyl halides is 3. The standard InChI is InChI=1S/C34H44F3N7O4/c1-33(2,22-44(3)4)21-39-29(45)27-16-13-25-19-28(27)47-18-10-8-6-5-7-9-17-46-26-14-11-24(12-15-26)20-38-30-41-31(40-25)43-32(42-30)48-23-34(35,36)37/h5-6,11-16,19H,7-10,17-18,20-23H2,1-4H3,(H,39,45)(H2,38,40,41,42,43)/b6-5+. The molecule has 0 atom stereocenters. The summed E-state index contributed by atoms with van der Waals surface area (Å²) in [5.41, 5.74) is 1.50. The van der Waals surface area contributed by atoms with E-state index in [1.807, 2.05) is 38.4 Å². The van der Waals surface area contributed by atoms with Crippen LogP contribution in [-0.4, -0.2) is 78.9 Å². The Bertz CT molecular complexity index is 1520. The Morgan fingerprint density at radius 2 is 1.65 bits per heavy atom. The van der Waals surface area contributed by atoms with Crippen LogP contribution in [0.2, 0.25) is 0 Å². The van der Waals surface area contributed by atoms with Crippen molar-refractivity contribution < 1.29 is 32.2 Å². The Hall–Kier alpha value is -4.59. The van der Waals surface area contributed by atoms with Crippen molar-refractivity contribution in [3.63, 3.8) is 0 Å². The van der Waals surface area contributed by atoms with Crippen molar-refractivity contribution in [1.82, 2.24) is 25.2 Å². The maximum Gasteiger partial charge on any atom is 0.422 e. The summed E-state index contributed by atoms with van der Waals surface area (Å²) in [4.78, 5) is 27.8. The van der Waals surface area contributed by atoms with Crippen LogP contribution < -0.4 is 30.2 Å². The SMILES string of the molecule is CN(C)CC(C)(C)CNC(=O)c1ccc2cc1OCCC/C=C/CCCOc1ccc(cc1)CNc1nc(nc(OCC(F)(F)F)n1)N2. The van der Waals surface area contributed by atoms with E-state index >= 15 is 0 Å². The van der Waals surface area contributed by atoms with Crippen molar-refractivity contribution in [2.75, 3.05) is 57.6 Å². The number of anilines is 3. The Morgan fingerprint density at radius 3 is 2.33 bits per heavy atom. The molecule has 3 heterocycles. The number of nitrogens with zero attached hydrogens (tertiary/aromatic N) is 4. The molecule has 5 rings (SSSR count). The summed E-state index contributed by atoms with van der Waals surface area (Å²) in [7, 11) is 3.97. The van der Waals surface area contributed by atoms with Gasteiger partial charge in [0, 0.05) is 31.4 Å². The number of nitrogens with one attached hydrogen (secondary N) is 3. The fourth-order valence-corrected chi connectivity index (χ4v) is 4.96. The molecule has 6 bridgehead atoms. The summed E-state index contributed by atoms with van der Waals surface area (Å²) < 4.78 is 55.7. The Kier molecular flexibility index (Phi) is 12.8. The zero-order valence-electron chi connectivity index (χ0n) is 27.8. The molecule has 0 saturated carbocycles. The second-order valence-electron chi connectivity index (χ2n) is 12.5. The summed E-state index contributed by atoms with van der Waals surface area (Å²) >= 11 is 0. The molecule has 3 aromatic rings. The molecular formula is C34H44F3N7O4. The van der Waals surface area contributed by atoms with E-state index in [-0.39, 0.29) is 29.8 Å². The predicted octanol–water partition coefficient (Wildman–Crippen LogP) is 6.37. The first-order valence-electron chi connectivity index (χ1n) is 15.9. The van der Waals surface area contributed by atoms with Crippen LogP contribution in [0.1, 0.15) is 55.5 Å². The lowest BCUT2D eigenvalue weighted by molar-refractivity contribution is -0.154. The number of rotatable bonds is 7. The van der Waals surface area contributed by atoms with Crippen LogP contribution in [0.5, 0.6) is 17.5 Å². The van der Waals surface area contributed by atoms with Gasteiger partial charge in [-0.2, -0.15) is 28.1 Å². The third-order valence-corrected chi connectivity index (χ3v) is 7.03. The summed E-state index contributed by atoms with van der Waals surface area (Å²) in [5, 5.41) is 9.04. The topological polar surface area (TPSA) is 123 Å². The van der Waals surface area contributed by atoms with Gasteiger partial charge in [-0.3, -0.25) is 4.79 Å². The number of amides is 1. The van der Waals surface area contributed by atoms with Gasteiger partial charge in [-0.05, 0) is 75.0 Å². The summed E-state index contributed by atoms with van der Waals surface area (Å²) in [5.74, 6) is 0.728. The van der Waals surface area contributed by atoms with Crippen LogP contribution in [0.4, 0.5) is 30.8 Å². The molecule has 2 aliphatic rings. The monoisotopic (exact) mass is 671 g/mol. The van der Waals surface area contributed by atoms with Gasteiger partial charge in [-0.1, -0.05) is 38.1 Å². The fourth-order valence-electron chi connectivity index (χ4n) is 4.96. The van der Waals surface area contributed by atoms with Gasteiger partial charge in [-0.25, -0.2) is 0 Å². The van der Waals surface area contributed by atoms with Gasteiger partial charge in [0.2, 0.25) is 11.9 Å². The lowest BCUT2D eigenvalue weighted by Gasteiger charge is -2.28. The van der Waals surface area contributed by atoms with E-state index in [0.29, 0.717) is 36.8 Å². The minimum atomic E-state index is -4.59. The van der Waals surface area contributed by atoms with E-state index in [4.69, 9.17) is 14.2 Å². The number of halogens is 3. The molecule has 260 valence electrons. The highest BCUT2D eigenvalue weighted by molar-refractivity contribution is 5.97. The lowest BCUT2D eigenvalue weighted by Crippen LogP contribution is -2.40. The number of carbonyl (C=O) groups excluding carboxylic acids is 1. The fraction of sp³-hybridized carbons (Fsp3) is 0.471. The molecule has 0 aliphatic carbocycles. The molecule has 14 heteroatoms. The predicted molar refractivity (Wildman–Crippen MR) is 178 cm³/mol. The van der Waals surface area contributed by atoms with Crippen LogP contribution in [0.25, 0.3) is 0 Å². The number of ether oxygens (including phenoxy) is 3. The number of hydrogen-bond donors (Lipinski definition) is 3. The minimum absolute atomic E-state index is 0.00343. The zero-order valence-corrected chi connectivity index (χ0v) is 27.8. The number of allylic oxidation sites excluding steroid dienone is 2. The van der Waals surface area contributed by atoms with E-state index in [1.165, 1.54) is 0 Å². The maximum atomic E-state index is 13.3. The van der Waals surface area contributed by atoms with Gasteiger partial charge >= 0.3 is 12.2 Å². The smallest absolute Gasteiger partial charge is 0.422 e. The normalized spacial score (nSPS) is 15.3. The summed E-state index contributed by atoms with van der Waals surface area (Å²) in [6.07, 6.45) is 2.90. The van der Waals surface area contributed by atoms with E-state index < -0.39 is 18.8 Å². The van der Waals surface area contributed by atoms with E-state index in [1.54, 1.807) is 18.2 Å². The molecule has 0 unspecified atom stereocenters. The molecule has 48 heavy (non-hydrogen) atoms. The zero-order chi connectivity index (χ0) is 34.6. The van der Waals surface area contributed by atoms with Crippen molar-refractivity contribution in [3.05, 3.63) is 65.7 Å². The number of benzene rings is 2. The maximum absolute atomic E-state index is 13.3. The number of carbonyl (C=O) groups is 1. The molecule has 0 saturated heterocycles. The Balaban J connectivity index is 1.61. The molecule has 0 radical (unpaired) electrons. The highest BCUT2D eigenvalue weighted by Gasteiger charge is 2.29. The minimum Gasteiger partial charge on any atom is -0.494 e. The van der Waals surface area contributed by atoms with Gasteiger partial charge < -0.3 is 35.1 Å². The van der Waals surface area contributed by atoms with Gasteiger partial charge in [0.1, 0.15) is 11.5 Å². The first-order valence-corrected chi connectivity index (χ1v) is 15.9. The van der Waals surface area contributed by atoms with Crippen LogP contribution >= 0.6 is 0 Å². The van der Waals surface area contributed by atoms with Gasteiger partial charge in [0.15, 0.2) is 6.61 Å². The molecule has 0 fully saturated rings. The highest BCUT2D eigenvalue weighted by Crippen LogP contribution is 2.27. The molecule has 2 aliphatic heterocycles. The molecule has 2 aromatic carbocycles. The Labute approximate surface area is 279 Å². The van der Waals surface area contributed by atoms with Crippen molar-refractivity contribution in [3.8, 4) is 17.5 Å². The van der Waals surface area contributed by atoms with Crippen molar-refractivity contribution in [2.45, 2.75) is 52.3 Å². The third kappa shape index (κ3) is 12.5. The average molecular weight is 672 g/mol. The van der Waals surface area contributed by atoms with Gasteiger partial charge in [0.25, 0.3) is 5.91 Å². The molecular weight excluding hydrogens is 627 g/mol. The van der Waals surface area contributed by atoms with Gasteiger partial charge in [0.05, 0.1) is 18.8 Å².